The van der Waals surface area contributed by atoms with E-state index in [1.165, 1.54) is 53.4 Å². The van der Waals surface area contributed by atoms with E-state index in [9.17, 15) is 39.4 Å². The number of hydrogen-bond donors (Lipinski definition) is 0. The second-order valence-corrected chi connectivity index (χ2v) is 9.50. The highest BCUT2D eigenvalue weighted by atomic mass is 32.2. The molecule has 1 fully saturated rings. The number of non-ortho nitro benzene ring substituents is 2. The standard InChI is InChI=1S/C24H19N3O12S/c28-19-9-20-25(19)22(23(30)37-10-14-1-5-16(6-2-14)26(32)33)18(40-20)12-36-21(29)13-39-24(31)38-11-15-3-7-17(8-4-15)27(34)35/h1-8,20H,9-13H2/t20-/m1/s1. The maximum absolute atomic E-state index is 12.8. The van der Waals surface area contributed by atoms with Crippen LogP contribution in [0.1, 0.15) is 17.5 Å². The predicted molar refractivity (Wildman–Crippen MR) is 133 cm³/mol. The second kappa shape index (κ2) is 12.2. The summed E-state index contributed by atoms with van der Waals surface area (Å²) in [5.74, 6) is -2.08. The summed E-state index contributed by atoms with van der Waals surface area (Å²) in [6.07, 6.45) is -0.986. The number of carbonyl (C=O) groups is 4. The first-order chi connectivity index (χ1) is 19.1. The van der Waals surface area contributed by atoms with Gasteiger partial charge in [0.2, 0.25) is 5.91 Å². The first kappa shape index (κ1) is 28.0. The van der Waals surface area contributed by atoms with E-state index < -0.39 is 34.5 Å². The van der Waals surface area contributed by atoms with Crippen LogP contribution in [-0.4, -0.2) is 57.3 Å². The number of benzene rings is 2. The van der Waals surface area contributed by atoms with Crippen LogP contribution in [0, 0.1) is 20.2 Å². The van der Waals surface area contributed by atoms with Gasteiger partial charge in [-0.1, -0.05) is 11.8 Å². The molecule has 1 amide bonds. The molecule has 2 aliphatic rings. The SMILES string of the molecule is O=C(COC(=O)OCc1ccc([N+](=O)[O-])cc1)OCC1=C(C(=O)OCc2ccc([N+](=O)[O-])cc2)N2C(=O)C[C@H]2S1. The van der Waals surface area contributed by atoms with Crippen LogP contribution in [0.4, 0.5) is 16.2 Å². The molecule has 2 heterocycles. The number of amides is 1. The number of thioether (sulfide) groups is 1. The van der Waals surface area contributed by atoms with Crippen LogP contribution >= 0.6 is 11.8 Å². The maximum atomic E-state index is 12.8. The fourth-order valence-corrected chi connectivity index (χ4v) is 4.86. The molecule has 2 aromatic rings. The monoisotopic (exact) mass is 573 g/mol. The number of nitrogens with zero attached hydrogens (tertiary/aromatic N) is 3. The lowest BCUT2D eigenvalue weighted by Gasteiger charge is -2.34. The highest BCUT2D eigenvalue weighted by Gasteiger charge is 2.49. The van der Waals surface area contributed by atoms with Crippen LogP contribution in [-0.2, 0) is 46.5 Å². The molecule has 0 bridgehead atoms. The van der Waals surface area contributed by atoms with Gasteiger partial charge in [0, 0.05) is 24.3 Å². The molecule has 0 unspecified atom stereocenters. The molecule has 15 nitrogen and oxygen atoms in total. The quantitative estimate of drug-likeness (QED) is 0.125. The van der Waals surface area contributed by atoms with Crippen LogP contribution in [0.2, 0.25) is 0 Å². The zero-order valence-electron chi connectivity index (χ0n) is 20.4. The summed E-state index contributed by atoms with van der Waals surface area (Å²) < 4.78 is 19.9. The summed E-state index contributed by atoms with van der Waals surface area (Å²) in [4.78, 5) is 70.5. The van der Waals surface area contributed by atoms with Crippen molar-refractivity contribution in [1.82, 2.24) is 4.90 Å². The Morgan fingerprint density at radius 1 is 0.825 bits per heavy atom. The number of rotatable bonds is 11. The van der Waals surface area contributed by atoms with Crippen LogP contribution < -0.4 is 0 Å². The number of ether oxygens (including phenoxy) is 4. The third-order valence-corrected chi connectivity index (χ3v) is 6.82. The Labute approximate surface area is 228 Å². The first-order valence-electron chi connectivity index (χ1n) is 11.4. The minimum Gasteiger partial charge on any atom is -0.458 e. The molecule has 0 spiro atoms. The smallest absolute Gasteiger partial charge is 0.458 e. The Bertz CT molecular complexity index is 1390. The molecule has 0 aliphatic carbocycles. The lowest BCUT2D eigenvalue weighted by molar-refractivity contribution is -0.385. The molecule has 1 saturated heterocycles. The van der Waals surface area contributed by atoms with Gasteiger partial charge < -0.3 is 18.9 Å². The summed E-state index contributed by atoms with van der Waals surface area (Å²) in [6, 6.07) is 10.7. The van der Waals surface area contributed by atoms with Gasteiger partial charge in [0.1, 0.15) is 25.5 Å². The summed E-state index contributed by atoms with van der Waals surface area (Å²) in [6.45, 7) is -1.62. The van der Waals surface area contributed by atoms with E-state index in [0.29, 0.717) is 11.1 Å². The predicted octanol–water partition coefficient (Wildman–Crippen LogP) is 2.96. The Morgan fingerprint density at radius 3 is 1.90 bits per heavy atom. The lowest BCUT2D eigenvalue weighted by atomic mass is 10.1. The molecule has 2 aliphatic heterocycles. The molecule has 4 rings (SSSR count). The van der Waals surface area contributed by atoms with E-state index in [0.717, 1.165) is 11.8 Å². The fraction of sp³-hybridized carbons (Fsp3) is 0.250. The Morgan fingerprint density at radius 2 is 1.38 bits per heavy atom. The van der Waals surface area contributed by atoms with Gasteiger partial charge in [0.05, 0.1) is 26.5 Å². The van der Waals surface area contributed by atoms with Crippen molar-refractivity contribution < 1.29 is 48.0 Å². The molecule has 0 radical (unpaired) electrons. The van der Waals surface area contributed by atoms with Gasteiger partial charge in [-0.2, -0.15) is 0 Å². The normalized spacial score (nSPS) is 15.6. The minimum atomic E-state index is -1.17. The van der Waals surface area contributed by atoms with Crippen molar-refractivity contribution in [2.24, 2.45) is 0 Å². The molecular formula is C24H19N3O12S. The third-order valence-electron chi connectivity index (χ3n) is 5.58. The lowest BCUT2D eigenvalue weighted by Crippen LogP contribution is -2.48. The molecule has 2 aromatic carbocycles. The van der Waals surface area contributed by atoms with Crippen molar-refractivity contribution in [3.8, 4) is 0 Å². The van der Waals surface area contributed by atoms with Crippen molar-refractivity contribution in [2.45, 2.75) is 25.0 Å². The maximum Gasteiger partial charge on any atom is 0.509 e. The summed E-state index contributed by atoms with van der Waals surface area (Å²) in [7, 11) is 0. The van der Waals surface area contributed by atoms with E-state index in [1.54, 1.807) is 0 Å². The second-order valence-electron chi connectivity index (χ2n) is 8.22. The third kappa shape index (κ3) is 6.71. The number of carbonyl (C=O) groups excluding carboxylic acids is 4. The molecule has 208 valence electrons. The Balaban J connectivity index is 1.26. The summed E-state index contributed by atoms with van der Waals surface area (Å²) >= 11 is 1.16. The molecule has 0 aromatic heterocycles. The van der Waals surface area contributed by atoms with Gasteiger partial charge in [-0.3, -0.25) is 29.9 Å². The highest BCUT2D eigenvalue weighted by molar-refractivity contribution is 8.04. The number of nitro benzene ring substituents is 2. The van der Waals surface area contributed by atoms with Gasteiger partial charge in [0.15, 0.2) is 6.61 Å². The first-order valence-corrected chi connectivity index (χ1v) is 12.3. The van der Waals surface area contributed by atoms with Crippen LogP contribution in [0.3, 0.4) is 0 Å². The van der Waals surface area contributed by atoms with Crippen molar-refractivity contribution in [1.29, 1.82) is 0 Å². The largest absolute Gasteiger partial charge is 0.509 e. The number of fused-ring (bicyclic) bond motifs is 1. The van der Waals surface area contributed by atoms with E-state index in [1.807, 2.05) is 0 Å². The van der Waals surface area contributed by atoms with E-state index in [2.05, 4.69) is 0 Å². The van der Waals surface area contributed by atoms with Crippen molar-refractivity contribution in [3.63, 3.8) is 0 Å². The van der Waals surface area contributed by atoms with Crippen molar-refractivity contribution >= 4 is 47.1 Å². The van der Waals surface area contributed by atoms with Gasteiger partial charge in [-0.15, -0.1) is 0 Å². The number of esters is 2. The Kier molecular flexibility index (Phi) is 8.58. The summed E-state index contributed by atoms with van der Waals surface area (Å²) in [5, 5.41) is 21.1. The van der Waals surface area contributed by atoms with Gasteiger partial charge in [0.25, 0.3) is 11.4 Å². The van der Waals surface area contributed by atoms with Crippen LogP contribution in [0.5, 0.6) is 0 Å². The minimum absolute atomic E-state index is 0.0654. The van der Waals surface area contributed by atoms with Gasteiger partial charge >= 0.3 is 18.1 Å². The highest BCUT2D eigenvalue weighted by Crippen LogP contribution is 2.46. The van der Waals surface area contributed by atoms with E-state index in [-0.39, 0.29) is 59.5 Å². The zero-order chi connectivity index (χ0) is 28.8. The van der Waals surface area contributed by atoms with Gasteiger partial charge in [-0.25, -0.2) is 14.4 Å². The number of β-lactam (4-membered cyclic amide) rings is 1. The fourth-order valence-electron chi connectivity index (χ4n) is 3.55. The van der Waals surface area contributed by atoms with Crippen molar-refractivity contribution in [3.05, 3.63) is 90.5 Å². The number of nitro groups is 2. The van der Waals surface area contributed by atoms with Crippen LogP contribution in [0.25, 0.3) is 0 Å². The zero-order valence-corrected chi connectivity index (χ0v) is 21.2. The molecule has 0 saturated carbocycles. The van der Waals surface area contributed by atoms with E-state index in [4.69, 9.17) is 18.9 Å². The van der Waals surface area contributed by atoms with Gasteiger partial charge in [-0.05, 0) is 35.4 Å². The summed E-state index contributed by atoms with van der Waals surface area (Å²) in [5.41, 5.74) is 0.638. The molecule has 0 N–H and O–H groups in total. The topological polar surface area (TPSA) is 195 Å². The average molecular weight is 573 g/mol. The molecule has 1 atom stereocenters. The molecule has 16 heteroatoms. The number of hydrogen-bond acceptors (Lipinski definition) is 13. The van der Waals surface area contributed by atoms with Crippen LogP contribution in [0.15, 0.2) is 59.1 Å². The molecule has 40 heavy (non-hydrogen) atoms. The Hall–Kier alpha value is -4.99. The molecular weight excluding hydrogens is 554 g/mol. The van der Waals surface area contributed by atoms with Crippen molar-refractivity contribution in [2.75, 3.05) is 13.2 Å². The van der Waals surface area contributed by atoms with E-state index >= 15 is 0 Å². The average Bonchev–Trinajstić information content (AvgIpc) is 3.24.